The zero-order valence-electron chi connectivity index (χ0n) is 21.9. The topological polar surface area (TPSA) is 65.9 Å². The smallest absolute Gasteiger partial charge is 0.318 e. The van der Waals surface area contributed by atoms with Gasteiger partial charge in [-0.3, -0.25) is 0 Å². The van der Waals surface area contributed by atoms with Gasteiger partial charge in [-0.25, -0.2) is 0 Å². The van der Waals surface area contributed by atoms with Gasteiger partial charge < -0.3 is 23.8 Å². The first-order chi connectivity index (χ1) is 18.1. The van der Waals surface area contributed by atoms with E-state index in [9.17, 15) is 0 Å². The maximum Gasteiger partial charge on any atom is 0.318 e. The lowest BCUT2D eigenvalue weighted by Gasteiger charge is -2.29. The van der Waals surface area contributed by atoms with Gasteiger partial charge in [0.15, 0.2) is 11.5 Å². The number of anilines is 1. The van der Waals surface area contributed by atoms with Crippen LogP contribution in [0.2, 0.25) is 0 Å². The molecule has 2 heterocycles. The molecule has 0 atom stereocenters. The summed E-state index contributed by atoms with van der Waals surface area (Å²) >= 11 is 0. The second-order valence-electron chi connectivity index (χ2n) is 9.25. The fourth-order valence-electron chi connectivity index (χ4n) is 4.57. The normalized spacial score (nSPS) is 13.6. The number of rotatable bonds is 8. The van der Waals surface area contributed by atoms with Gasteiger partial charge in [-0.05, 0) is 65.9 Å². The van der Waals surface area contributed by atoms with Crippen molar-refractivity contribution in [3.8, 4) is 28.6 Å². The highest BCUT2D eigenvalue weighted by Gasteiger charge is 2.19. The summed E-state index contributed by atoms with van der Waals surface area (Å²) in [6.07, 6.45) is 0.695. The molecule has 5 rings (SSSR count). The molecule has 0 spiro atoms. The molecule has 4 aromatic rings. The van der Waals surface area contributed by atoms with E-state index in [1.807, 2.05) is 18.2 Å². The van der Waals surface area contributed by atoms with Crippen LogP contribution in [0, 0.1) is 13.8 Å². The molecule has 0 radical (unpaired) electrons. The van der Waals surface area contributed by atoms with Crippen LogP contribution in [0.25, 0.3) is 22.0 Å². The first-order valence-electron chi connectivity index (χ1n) is 12.6. The lowest BCUT2D eigenvalue weighted by atomic mass is 9.99. The van der Waals surface area contributed by atoms with Crippen molar-refractivity contribution in [1.29, 1.82) is 0 Å². The molecule has 1 aliphatic heterocycles. The van der Waals surface area contributed by atoms with Gasteiger partial charge in [0, 0.05) is 24.9 Å². The number of methoxy groups -OCH3 is 2. The lowest BCUT2D eigenvalue weighted by molar-refractivity contribution is 0.122. The second-order valence-corrected chi connectivity index (χ2v) is 9.25. The van der Waals surface area contributed by atoms with Crippen molar-refractivity contribution in [2.24, 2.45) is 0 Å². The molecule has 1 fully saturated rings. The lowest BCUT2D eigenvalue weighted by Crippen LogP contribution is -2.37. The van der Waals surface area contributed by atoms with Crippen LogP contribution < -0.4 is 19.1 Å². The summed E-state index contributed by atoms with van der Waals surface area (Å²) in [7, 11) is 3.27. The average molecular weight is 500 g/mol. The summed E-state index contributed by atoms with van der Waals surface area (Å²) in [5.41, 5.74) is 6.86. The number of aromatic nitrogens is 2. The van der Waals surface area contributed by atoms with Crippen LogP contribution in [0.15, 0.2) is 54.6 Å². The van der Waals surface area contributed by atoms with Crippen LogP contribution >= 0.6 is 0 Å². The molecule has 1 aliphatic rings. The van der Waals surface area contributed by atoms with Crippen LogP contribution in [0.5, 0.6) is 17.5 Å². The van der Waals surface area contributed by atoms with E-state index in [0.717, 1.165) is 40.9 Å². The molecule has 7 heteroatoms. The fraction of sp³-hybridized carbons (Fsp3) is 0.333. The van der Waals surface area contributed by atoms with E-state index >= 15 is 0 Å². The second kappa shape index (κ2) is 11.0. The summed E-state index contributed by atoms with van der Waals surface area (Å²) in [5.74, 6) is 2.30. The minimum atomic E-state index is 0.383. The van der Waals surface area contributed by atoms with Crippen molar-refractivity contribution in [2.75, 3.05) is 52.0 Å². The van der Waals surface area contributed by atoms with Crippen molar-refractivity contribution >= 4 is 16.7 Å². The van der Waals surface area contributed by atoms with Crippen molar-refractivity contribution in [3.05, 3.63) is 71.3 Å². The Morgan fingerprint density at radius 1 is 0.811 bits per heavy atom. The van der Waals surface area contributed by atoms with Gasteiger partial charge in [-0.15, -0.1) is 0 Å². The van der Waals surface area contributed by atoms with Gasteiger partial charge in [0.1, 0.15) is 5.82 Å². The van der Waals surface area contributed by atoms with Crippen LogP contribution in [-0.2, 0) is 11.2 Å². The fourth-order valence-corrected chi connectivity index (χ4v) is 4.57. The molecule has 0 amide bonds. The average Bonchev–Trinajstić information content (AvgIpc) is 2.94. The number of nitrogens with zero attached hydrogens (tertiary/aromatic N) is 3. The third-order valence-corrected chi connectivity index (χ3v) is 6.88. The van der Waals surface area contributed by atoms with E-state index in [0.29, 0.717) is 43.8 Å². The molecular formula is C30H33N3O4. The van der Waals surface area contributed by atoms with E-state index in [4.69, 9.17) is 28.9 Å². The molecule has 0 N–H and O–H groups in total. The van der Waals surface area contributed by atoms with Gasteiger partial charge in [0.05, 0.1) is 39.6 Å². The third-order valence-electron chi connectivity index (χ3n) is 6.88. The Balaban J connectivity index is 1.43. The highest BCUT2D eigenvalue weighted by atomic mass is 16.5. The standard InChI is InChI=1S/C30H33N3O4/c1-20-5-7-23(17-21(20)2)24-8-9-26-25(19-24)29(33-12-15-36-16-13-33)32-30(31-26)37-14-11-22-6-10-27(34-3)28(18-22)35-4/h5-10,17-19H,11-16H2,1-4H3. The maximum atomic E-state index is 6.07. The van der Waals surface area contributed by atoms with Crippen molar-refractivity contribution in [1.82, 2.24) is 9.97 Å². The Bertz CT molecular complexity index is 1400. The SMILES string of the molecule is COc1ccc(CCOc2nc(N3CCOCC3)c3cc(-c4ccc(C)c(C)c4)ccc3n2)cc1OC. The zero-order chi connectivity index (χ0) is 25.8. The number of fused-ring (bicyclic) bond motifs is 1. The predicted octanol–water partition coefficient (Wildman–Crippen LogP) is 5.39. The molecule has 1 aromatic heterocycles. The van der Waals surface area contributed by atoms with Gasteiger partial charge >= 0.3 is 6.01 Å². The van der Waals surface area contributed by atoms with E-state index in [-0.39, 0.29) is 0 Å². The highest BCUT2D eigenvalue weighted by molar-refractivity contribution is 5.93. The van der Waals surface area contributed by atoms with E-state index < -0.39 is 0 Å². The van der Waals surface area contributed by atoms with Gasteiger partial charge in [0.25, 0.3) is 0 Å². The first-order valence-corrected chi connectivity index (χ1v) is 12.6. The summed E-state index contributed by atoms with van der Waals surface area (Å²) in [4.78, 5) is 11.9. The Kier molecular flexibility index (Phi) is 7.42. The molecule has 192 valence electrons. The zero-order valence-corrected chi connectivity index (χ0v) is 21.9. The van der Waals surface area contributed by atoms with E-state index in [1.165, 1.54) is 16.7 Å². The molecule has 37 heavy (non-hydrogen) atoms. The van der Waals surface area contributed by atoms with Crippen molar-refractivity contribution < 1.29 is 18.9 Å². The molecule has 1 saturated heterocycles. The maximum absolute atomic E-state index is 6.07. The predicted molar refractivity (Wildman–Crippen MR) is 146 cm³/mol. The Labute approximate surface area is 218 Å². The summed E-state index contributed by atoms with van der Waals surface area (Å²) in [5, 5.41) is 1.02. The van der Waals surface area contributed by atoms with E-state index in [1.54, 1.807) is 14.2 Å². The summed E-state index contributed by atoms with van der Waals surface area (Å²) in [6, 6.07) is 19.2. The largest absolute Gasteiger partial charge is 0.493 e. The first kappa shape index (κ1) is 24.8. The molecule has 0 bridgehead atoms. The van der Waals surface area contributed by atoms with Gasteiger partial charge in [-0.1, -0.05) is 30.3 Å². The number of hydrogen-bond donors (Lipinski definition) is 0. The highest BCUT2D eigenvalue weighted by Crippen LogP contribution is 2.32. The third kappa shape index (κ3) is 5.47. The molecule has 3 aromatic carbocycles. The van der Waals surface area contributed by atoms with Crippen LogP contribution in [0.1, 0.15) is 16.7 Å². The minimum absolute atomic E-state index is 0.383. The van der Waals surface area contributed by atoms with Crippen molar-refractivity contribution in [3.63, 3.8) is 0 Å². The molecular weight excluding hydrogens is 466 g/mol. The number of benzene rings is 3. The van der Waals surface area contributed by atoms with Crippen LogP contribution in [0.4, 0.5) is 5.82 Å². The van der Waals surface area contributed by atoms with E-state index in [2.05, 4.69) is 55.1 Å². The van der Waals surface area contributed by atoms with Crippen LogP contribution in [-0.4, -0.2) is 57.1 Å². The Morgan fingerprint density at radius 2 is 1.57 bits per heavy atom. The van der Waals surface area contributed by atoms with Gasteiger partial charge in [0.2, 0.25) is 0 Å². The minimum Gasteiger partial charge on any atom is -0.493 e. The molecule has 0 saturated carbocycles. The number of ether oxygens (including phenoxy) is 4. The number of morpholine rings is 1. The number of aryl methyl sites for hydroxylation is 2. The Morgan fingerprint density at radius 3 is 2.32 bits per heavy atom. The monoisotopic (exact) mass is 499 g/mol. The number of hydrogen-bond acceptors (Lipinski definition) is 7. The van der Waals surface area contributed by atoms with Gasteiger partial charge in [-0.2, -0.15) is 9.97 Å². The molecule has 0 unspecified atom stereocenters. The molecule has 0 aliphatic carbocycles. The summed E-state index contributed by atoms with van der Waals surface area (Å²) in [6.45, 7) is 7.65. The molecule has 7 nitrogen and oxygen atoms in total. The Hall–Kier alpha value is -3.84. The quantitative estimate of drug-likeness (QED) is 0.322. The van der Waals surface area contributed by atoms with Crippen LogP contribution in [0.3, 0.4) is 0 Å². The van der Waals surface area contributed by atoms with Crippen molar-refractivity contribution in [2.45, 2.75) is 20.3 Å². The summed E-state index contributed by atoms with van der Waals surface area (Å²) < 4.78 is 22.4.